The van der Waals surface area contributed by atoms with Gasteiger partial charge < -0.3 is 5.32 Å². The topological polar surface area (TPSA) is 34.0 Å². The Hall–Kier alpha value is -2.52. The molecule has 22 heavy (non-hydrogen) atoms. The van der Waals surface area contributed by atoms with Gasteiger partial charge in [0, 0.05) is 30.0 Å². The van der Waals surface area contributed by atoms with Gasteiger partial charge in [0.1, 0.15) is 0 Å². The molecule has 1 aromatic heterocycles. The maximum Gasteiger partial charge on any atom is 0.255 e. The molecule has 4 heteroatoms. The largest absolute Gasteiger partial charge is 0.388 e. The van der Waals surface area contributed by atoms with Gasteiger partial charge in [-0.2, -0.15) is 0 Å². The van der Waals surface area contributed by atoms with E-state index in [2.05, 4.69) is 5.32 Å². The van der Waals surface area contributed by atoms with Crippen LogP contribution in [0.5, 0.6) is 0 Å². The SMILES string of the molecule is CNc1cccc(-n2cc(-c3ccc(Cl)cc3)ccc2=O)c1. The molecule has 3 nitrogen and oxygen atoms in total. The molecule has 0 fully saturated rings. The second-order valence-electron chi connectivity index (χ2n) is 4.93. The van der Waals surface area contributed by atoms with Crippen LogP contribution in [-0.2, 0) is 0 Å². The smallest absolute Gasteiger partial charge is 0.255 e. The molecule has 0 unspecified atom stereocenters. The van der Waals surface area contributed by atoms with Crippen LogP contribution in [0.4, 0.5) is 5.69 Å². The van der Waals surface area contributed by atoms with Gasteiger partial charge in [0.25, 0.3) is 5.56 Å². The summed E-state index contributed by atoms with van der Waals surface area (Å²) in [5.41, 5.74) is 3.70. The highest BCUT2D eigenvalue weighted by Crippen LogP contribution is 2.22. The Balaban J connectivity index is 2.10. The highest BCUT2D eigenvalue weighted by molar-refractivity contribution is 6.30. The Labute approximate surface area is 133 Å². The van der Waals surface area contributed by atoms with Gasteiger partial charge in [-0.1, -0.05) is 29.8 Å². The first kappa shape index (κ1) is 14.4. The second kappa shape index (κ2) is 6.08. The minimum absolute atomic E-state index is 0.0639. The van der Waals surface area contributed by atoms with E-state index in [4.69, 9.17) is 11.6 Å². The Bertz CT molecular complexity index is 853. The van der Waals surface area contributed by atoms with E-state index in [-0.39, 0.29) is 5.56 Å². The van der Waals surface area contributed by atoms with Crippen LogP contribution in [0.25, 0.3) is 16.8 Å². The molecule has 3 rings (SSSR count). The lowest BCUT2D eigenvalue weighted by atomic mass is 10.1. The molecule has 3 aromatic rings. The van der Waals surface area contributed by atoms with Crippen LogP contribution in [0, 0.1) is 0 Å². The Morgan fingerprint density at radius 3 is 2.41 bits per heavy atom. The summed E-state index contributed by atoms with van der Waals surface area (Å²) in [4.78, 5) is 12.2. The van der Waals surface area contributed by atoms with Crippen molar-refractivity contribution in [2.24, 2.45) is 0 Å². The third-order valence-corrected chi connectivity index (χ3v) is 3.75. The molecule has 0 spiro atoms. The third kappa shape index (κ3) is 2.90. The summed E-state index contributed by atoms with van der Waals surface area (Å²) in [5, 5.41) is 3.77. The Morgan fingerprint density at radius 1 is 0.955 bits per heavy atom. The number of anilines is 1. The maximum atomic E-state index is 12.2. The first-order valence-electron chi connectivity index (χ1n) is 6.94. The van der Waals surface area contributed by atoms with Crippen molar-refractivity contribution in [2.75, 3.05) is 12.4 Å². The van der Waals surface area contributed by atoms with Crippen molar-refractivity contribution in [1.82, 2.24) is 4.57 Å². The fourth-order valence-electron chi connectivity index (χ4n) is 2.31. The summed E-state index contributed by atoms with van der Waals surface area (Å²) in [6.45, 7) is 0. The zero-order valence-corrected chi connectivity index (χ0v) is 12.8. The number of nitrogens with one attached hydrogen (secondary N) is 1. The minimum atomic E-state index is -0.0639. The van der Waals surface area contributed by atoms with Crippen molar-refractivity contribution in [3.63, 3.8) is 0 Å². The van der Waals surface area contributed by atoms with Crippen LogP contribution in [0.15, 0.2) is 71.7 Å². The summed E-state index contributed by atoms with van der Waals surface area (Å²) >= 11 is 5.92. The Morgan fingerprint density at radius 2 is 1.68 bits per heavy atom. The predicted octanol–water partition coefficient (Wildman–Crippen LogP) is 4.20. The van der Waals surface area contributed by atoms with Gasteiger partial charge in [0.15, 0.2) is 0 Å². The monoisotopic (exact) mass is 310 g/mol. The van der Waals surface area contributed by atoms with Crippen LogP contribution in [0.1, 0.15) is 0 Å². The van der Waals surface area contributed by atoms with E-state index >= 15 is 0 Å². The maximum absolute atomic E-state index is 12.2. The van der Waals surface area contributed by atoms with Crippen molar-refractivity contribution >= 4 is 17.3 Å². The standard InChI is InChI=1S/C18H15ClN2O/c1-20-16-3-2-4-17(11-16)21-12-14(7-10-18(21)22)13-5-8-15(19)9-6-13/h2-12,20H,1H3. The van der Waals surface area contributed by atoms with Gasteiger partial charge in [-0.3, -0.25) is 9.36 Å². The fourth-order valence-corrected chi connectivity index (χ4v) is 2.44. The molecule has 1 heterocycles. The lowest BCUT2D eigenvalue weighted by Crippen LogP contribution is -2.16. The quantitative estimate of drug-likeness (QED) is 0.786. The molecule has 0 radical (unpaired) electrons. The summed E-state index contributed by atoms with van der Waals surface area (Å²) < 4.78 is 1.64. The molecule has 110 valence electrons. The van der Waals surface area contributed by atoms with Crippen LogP contribution in [0.3, 0.4) is 0 Å². The molecule has 0 aliphatic carbocycles. The number of hydrogen-bond acceptors (Lipinski definition) is 2. The normalized spacial score (nSPS) is 10.5. The molecule has 0 aliphatic rings. The van der Waals surface area contributed by atoms with E-state index in [1.165, 1.54) is 0 Å². The minimum Gasteiger partial charge on any atom is -0.388 e. The molecule has 0 amide bonds. The van der Waals surface area contributed by atoms with Crippen LogP contribution >= 0.6 is 11.6 Å². The summed E-state index contributed by atoms with van der Waals surface area (Å²) in [7, 11) is 1.85. The van der Waals surface area contributed by atoms with E-state index in [0.717, 1.165) is 22.5 Å². The molecule has 0 saturated heterocycles. The first-order chi connectivity index (χ1) is 10.7. The molecule has 0 bridgehead atoms. The number of hydrogen-bond donors (Lipinski definition) is 1. The lowest BCUT2D eigenvalue weighted by molar-refractivity contribution is 0.993. The van der Waals surface area contributed by atoms with Crippen molar-refractivity contribution in [2.45, 2.75) is 0 Å². The van der Waals surface area contributed by atoms with Crippen molar-refractivity contribution in [3.05, 3.63) is 82.2 Å². The zero-order valence-electron chi connectivity index (χ0n) is 12.1. The molecular formula is C18H15ClN2O. The van der Waals surface area contributed by atoms with Crippen molar-refractivity contribution < 1.29 is 0 Å². The summed E-state index contributed by atoms with van der Waals surface area (Å²) in [6.07, 6.45) is 1.85. The fraction of sp³-hybridized carbons (Fsp3) is 0.0556. The second-order valence-corrected chi connectivity index (χ2v) is 5.37. The zero-order chi connectivity index (χ0) is 15.5. The third-order valence-electron chi connectivity index (χ3n) is 3.50. The van der Waals surface area contributed by atoms with Gasteiger partial charge in [0.05, 0.1) is 5.69 Å². The highest BCUT2D eigenvalue weighted by Gasteiger charge is 2.04. The molecule has 0 atom stereocenters. The van der Waals surface area contributed by atoms with Gasteiger partial charge in [0.2, 0.25) is 0 Å². The number of rotatable bonds is 3. The number of halogens is 1. The first-order valence-corrected chi connectivity index (χ1v) is 7.32. The number of nitrogens with zero attached hydrogens (tertiary/aromatic N) is 1. The van der Waals surface area contributed by atoms with Crippen LogP contribution < -0.4 is 10.9 Å². The van der Waals surface area contributed by atoms with Gasteiger partial charge in [-0.25, -0.2) is 0 Å². The average molecular weight is 311 g/mol. The van der Waals surface area contributed by atoms with E-state index < -0.39 is 0 Å². The van der Waals surface area contributed by atoms with Gasteiger partial charge >= 0.3 is 0 Å². The highest BCUT2D eigenvalue weighted by atomic mass is 35.5. The van der Waals surface area contributed by atoms with Crippen molar-refractivity contribution in [3.8, 4) is 16.8 Å². The number of benzene rings is 2. The molecule has 2 aromatic carbocycles. The Kier molecular flexibility index (Phi) is 3.98. The summed E-state index contributed by atoms with van der Waals surface area (Å²) in [5.74, 6) is 0. The molecule has 1 N–H and O–H groups in total. The number of pyridine rings is 1. The van der Waals surface area contributed by atoms with E-state index in [0.29, 0.717) is 5.02 Å². The number of aromatic nitrogens is 1. The van der Waals surface area contributed by atoms with Crippen LogP contribution in [0.2, 0.25) is 5.02 Å². The van der Waals surface area contributed by atoms with Gasteiger partial charge in [-0.15, -0.1) is 0 Å². The summed E-state index contributed by atoms with van der Waals surface area (Å²) in [6, 6.07) is 18.7. The average Bonchev–Trinajstić information content (AvgIpc) is 2.56. The van der Waals surface area contributed by atoms with Gasteiger partial charge in [-0.05, 0) is 47.5 Å². The molecule has 0 aliphatic heterocycles. The molecular weight excluding hydrogens is 296 g/mol. The predicted molar refractivity (Wildman–Crippen MR) is 92.0 cm³/mol. The van der Waals surface area contributed by atoms with Crippen LogP contribution in [-0.4, -0.2) is 11.6 Å². The van der Waals surface area contributed by atoms with Crippen molar-refractivity contribution in [1.29, 1.82) is 0 Å². The molecule has 0 saturated carbocycles. The lowest BCUT2D eigenvalue weighted by Gasteiger charge is -2.10. The van der Waals surface area contributed by atoms with E-state index in [1.807, 2.05) is 67.8 Å². The van der Waals surface area contributed by atoms with E-state index in [9.17, 15) is 4.79 Å². The van der Waals surface area contributed by atoms with E-state index in [1.54, 1.807) is 10.6 Å².